The monoisotopic (exact) mass is 659 g/mol. The summed E-state index contributed by atoms with van der Waals surface area (Å²) >= 11 is 0. The Hall–Kier alpha value is -5.52. The smallest absolute Gasteiger partial charge is 0.336 e. The molecule has 3 amide bonds. The number of unbranched alkanes of at least 4 members (excludes halogenated alkanes) is 5. The summed E-state index contributed by atoms with van der Waals surface area (Å²) in [5, 5.41) is 37.2. The lowest BCUT2D eigenvalue weighted by Gasteiger charge is -2.35. The number of carbonyl (C=O) groups is 6. The van der Waals surface area contributed by atoms with Crippen molar-refractivity contribution in [3.8, 4) is 0 Å². The molecular formula is C36H41N3O9. The first-order chi connectivity index (χ1) is 23.0. The molecule has 12 nitrogen and oxygen atoms in total. The van der Waals surface area contributed by atoms with Crippen molar-refractivity contribution in [2.24, 2.45) is 5.41 Å². The van der Waals surface area contributed by atoms with Crippen molar-refractivity contribution >= 4 is 35.6 Å². The lowest BCUT2D eigenvalue weighted by atomic mass is 9.81. The van der Waals surface area contributed by atoms with Gasteiger partial charge in [0, 0.05) is 25.0 Å². The summed E-state index contributed by atoms with van der Waals surface area (Å²) in [6.07, 6.45) is 5.96. The Morgan fingerprint density at radius 3 is 1.08 bits per heavy atom. The molecule has 6 N–H and O–H groups in total. The van der Waals surface area contributed by atoms with E-state index in [9.17, 15) is 44.1 Å². The zero-order valence-corrected chi connectivity index (χ0v) is 26.8. The highest BCUT2D eigenvalue weighted by molar-refractivity contribution is 6.06. The van der Waals surface area contributed by atoms with Gasteiger partial charge in [0.05, 0.1) is 33.4 Å². The summed E-state index contributed by atoms with van der Waals surface area (Å²) in [7, 11) is 0. The third-order valence-electron chi connectivity index (χ3n) is 8.14. The molecule has 0 radical (unpaired) electrons. The molecule has 0 heterocycles. The van der Waals surface area contributed by atoms with Gasteiger partial charge in [-0.25, -0.2) is 14.4 Å². The Labute approximate surface area is 278 Å². The molecule has 12 heteroatoms. The topological polar surface area (TPSA) is 199 Å². The third kappa shape index (κ3) is 10.2. The van der Waals surface area contributed by atoms with E-state index in [2.05, 4.69) is 22.9 Å². The van der Waals surface area contributed by atoms with E-state index in [0.717, 1.165) is 32.1 Å². The number of hydrogen-bond acceptors (Lipinski definition) is 6. The van der Waals surface area contributed by atoms with E-state index in [0.29, 0.717) is 12.8 Å². The molecule has 0 unspecified atom stereocenters. The fourth-order valence-corrected chi connectivity index (χ4v) is 5.42. The highest BCUT2D eigenvalue weighted by Crippen LogP contribution is 2.26. The Morgan fingerprint density at radius 2 is 0.771 bits per heavy atom. The van der Waals surface area contributed by atoms with Crippen LogP contribution in [0.3, 0.4) is 0 Å². The molecule has 0 saturated heterocycles. The maximum Gasteiger partial charge on any atom is 0.336 e. The van der Waals surface area contributed by atoms with Gasteiger partial charge in [-0.1, -0.05) is 81.8 Å². The Bertz CT molecular complexity index is 1460. The number of amides is 3. The van der Waals surface area contributed by atoms with Gasteiger partial charge in [-0.3, -0.25) is 14.4 Å². The predicted molar refractivity (Wildman–Crippen MR) is 178 cm³/mol. The van der Waals surface area contributed by atoms with E-state index in [1.165, 1.54) is 72.8 Å². The summed E-state index contributed by atoms with van der Waals surface area (Å²) in [6, 6.07) is 17.1. The van der Waals surface area contributed by atoms with E-state index in [4.69, 9.17) is 0 Å². The quantitative estimate of drug-likeness (QED) is 0.0947. The molecule has 3 aromatic carbocycles. The van der Waals surface area contributed by atoms with Gasteiger partial charge in [-0.05, 0) is 42.8 Å². The molecule has 0 aromatic heterocycles. The van der Waals surface area contributed by atoms with Crippen LogP contribution in [0.4, 0.5) is 0 Å². The zero-order chi connectivity index (χ0) is 35.1. The average Bonchev–Trinajstić information content (AvgIpc) is 3.09. The van der Waals surface area contributed by atoms with E-state index in [1.54, 1.807) is 0 Å². The molecule has 0 fully saturated rings. The van der Waals surface area contributed by atoms with Gasteiger partial charge in [-0.2, -0.15) is 0 Å². The molecule has 0 bridgehead atoms. The first kappa shape index (κ1) is 36.9. The molecule has 254 valence electrons. The van der Waals surface area contributed by atoms with Crippen LogP contribution in [-0.4, -0.2) is 70.6 Å². The molecule has 0 aliphatic carbocycles. The maximum absolute atomic E-state index is 13.3. The van der Waals surface area contributed by atoms with Crippen molar-refractivity contribution in [1.82, 2.24) is 16.0 Å². The van der Waals surface area contributed by atoms with Crippen LogP contribution in [0.25, 0.3) is 0 Å². The van der Waals surface area contributed by atoms with Crippen LogP contribution >= 0.6 is 0 Å². The number of carbonyl (C=O) groups excluding carboxylic acids is 3. The van der Waals surface area contributed by atoms with Gasteiger partial charge >= 0.3 is 17.9 Å². The molecule has 0 spiro atoms. The van der Waals surface area contributed by atoms with Gasteiger partial charge in [0.25, 0.3) is 17.7 Å². The molecule has 3 aromatic rings. The first-order valence-corrected chi connectivity index (χ1v) is 15.8. The largest absolute Gasteiger partial charge is 0.478 e. The van der Waals surface area contributed by atoms with Crippen LogP contribution < -0.4 is 16.0 Å². The van der Waals surface area contributed by atoms with Crippen molar-refractivity contribution in [2.75, 3.05) is 19.6 Å². The first-order valence-electron chi connectivity index (χ1n) is 15.8. The number of carboxylic acids is 3. The highest BCUT2D eigenvalue weighted by Gasteiger charge is 2.33. The second kappa shape index (κ2) is 18.0. The summed E-state index contributed by atoms with van der Waals surface area (Å²) < 4.78 is 0. The SMILES string of the molecule is CCCCCCCCC(CNC(=O)c1ccccc1C(=O)O)(CNC(=O)c1ccccc1C(=O)O)CNC(=O)c1ccccc1C(=O)O. The summed E-state index contributed by atoms with van der Waals surface area (Å²) in [6.45, 7) is 1.76. The van der Waals surface area contributed by atoms with Crippen LogP contribution in [0, 0.1) is 5.41 Å². The lowest BCUT2D eigenvalue weighted by molar-refractivity contribution is 0.0682. The summed E-state index contributed by atoms with van der Waals surface area (Å²) in [5.74, 6) is -5.88. The molecule has 48 heavy (non-hydrogen) atoms. The molecular weight excluding hydrogens is 618 g/mol. The Kier molecular flexibility index (Phi) is 13.8. The van der Waals surface area contributed by atoms with Gasteiger partial charge in [-0.15, -0.1) is 0 Å². The molecule has 0 atom stereocenters. The fraction of sp³-hybridized carbons (Fsp3) is 0.333. The van der Waals surface area contributed by atoms with Crippen LogP contribution in [0.5, 0.6) is 0 Å². The van der Waals surface area contributed by atoms with Crippen LogP contribution in [0.1, 0.15) is 114 Å². The third-order valence-corrected chi connectivity index (χ3v) is 8.14. The average molecular weight is 660 g/mol. The van der Waals surface area contributed by atoms with E-state index >= 15 is 0 Å². The second-order valence-electron chi connectivity index (χ2n) is 11.6. The number of hydrogen-bond donors (Lipinski definition) is 6. The van der Waals surface area contributed by atoms with Gasteiger partial charge in [0.1, 0.15) is 0 Å². The standard InChI is InChI=1S/C36H41N3O9/c1-2-3-4-5-6-13-20-36(21-37-30(40)24-14-7-10-17-27(24)33(43)44,22-38-31(41)25-15-8-11-18-28(25)34(45)46)23-39-32(42)26-16-9-12-19-29(26)35(47)48/h7-12,14-19H,2-6,13,20-23H2,1H3,(H,37,40)(H,38,41)(H,39,42)(H,43,44)(H,45,46)(H,47,48). The Balaban J connectivity index is 1.96. The number of benzene rings is 3. The zero-order valence-electron chi connectivity index (χ0n) is 26.8. The predicted octanol–water partition coefficient (Wildman–Crippen LogP) is 5.11. The van der Waals surface area contributed by atoms with E-state index in [-0.39, 0.29) is 53.0 Å². The highest BCUT2D eigenvalue weighted by atomic mass is 16.4. The molecule has 0 aliphatic rings. The van der Waals surface area contributed by atoms with Crippen LogP contribution in [0.15, 0.2) is 72.8 Å². The van der Waals surface area contributed by atoms with Crippen molar-refractivity contribution < 1.29 is 44.1 Å². The number of rotatable bonds is 19. The number of carboxylic acid groups (broad SMARTS) is 3. The van der Waals surface area contributed by atoms with Crippen molar-refractivity contribution in [2.45, 2.75) is 51.9 Å². The van der Waals surface area contributed by atoms with Crippen LogP contribution in [0.2, 0.25) is 0 Å². The minimum Gasteiger partial charge on any atom is -0.478 e. The molecule has 0 saturated carbocycles. The fourth-order valence-electron chi connectivity index (χ4n) is 5.42. The second-order valence-corrected chi connectivity index (χ2v) is 11.6. The van der Waals surface area contributed by atoms with Gasteiger partial charge < -0.3 is 31.3 Å². The number of aromatic carboxylic acids is 3. The Morgan fingerprint density at radius 1 is 0.479 bits per heavy atom. The normalized spacial score (nSPS) is 10.9. The summed E-state index contributed by atoms with van der Waals surface area (Å²) in [4.78, 5) is 75.4. The maximum atomic E-state index is 13.3. The summed E-state index contributed by atoms with van der Waals surface area (Å²) in [5.41, 5.74) is -1.87. The van der Waals surface area contributed by atoms with Crippen molar-refractivity contribution in [1.29, 1.82) is 0 Å². The van der Waals surface area contributed by atoms with Gasteiger partial charge in [0.2, 0.25) is 0 Å². The lowest BCUT2D eigenvalue weighted by Crippen LogP contribution is -2.52. The van der Waals surface area contributed by atoms with Crippen molar-refractivity contribution in [3.63, 3.8) is 0 Å². The minimum atomic E-state index is -1.28. The van der Waals surface area contributed by atoms with Gasteiger partial charge in [0.15, 0.2) is 0 Å². The minimum absolute atomic E-state index is 0.0719. The van der Waals surface area contributed by atoms with Crippen LogP contribution in [-0.2, 0) is 0 Å². The molecule has 0 aliphatic heterocycles. The number of nitrogens with one attached hydrogen (secondary N) is 3. The van der Waals surface area contributed by atoms with E-state index in [1.807, 2.05) is 0 Å². The van der Waals surface area contributed by atoms with E-state index < -0.39 is 41.0 Å². The molecule has 3 rings (SSSR count). The van der Waals surface area contributed by atoms with Crippen molar-refractivity contribution in [3.05, 3.63) is 106 Å².